The number of carbonyl (C=O) groups excluding carboxylic acids is 1. The number of hydrogen-bond donors (Lipinski definition) is 2. The van der Waals surface area contributed by atoms with Gasteiger partial charge in [0.25, 0.3) is 5.91 Å². The Balaban J connectivity index is 1.76. The number of halogens is 3. The van der Waals surface area contributed by atoms with E-state index >= 15 is 0 Å². The Labute approximate surface area is 203 Å². The van der Waals surface area contributed by atoms with Crippen molar-refractivity contribution in [3.63, 3.8) is 0 Å². The molecule has 0 fully saturated rings. The third-order valence-electron chi connectivity index (χ3n) is 4.99. The maximum Gasteiger partial charge on any atom is 0.276 e. The van der Waals surface area contributed by atoms with Crippen molar-refractivity contribution in [2.24, 2.45) is 0 Å². The first-order valence-electron chi connectivity index (χ1n) is 9.74. The van der Waals surface area contributed by atoms with Crippen molar-refractivity contribution in [2.45, 2.75) is 13.0 Å². The molecule has 0 aliphatic rings. The van der Waals surface area contributed by atoms with Crippen molar-refractivity contribution in [1.82, 2.24) is 15.1 Å². The average molecular weight is 531 g/mol. The Morgan fingerprint density at radius 1 is 1.03 bits per heavy atom. The van der Waals surface area contributed by atoms with Crippen LogP contribution < -0.4 is 5.32 Å². The van der Waals surface area contributed by atoms with E-state index < -0.39 is 5.91 Å². The third-order valence-corrected chi connectivity index (χ3v) is 6.09. The van der Waals surface area contributed by atoms with Crippen LogP contribution in [0.3, 0.4) is 0 Å². The standard InChI is InChI=1S/C24H18BrCl2N3O2/c1-14(15-6-10-17(25)11-7-15)28-24(32)21-23(31)22(16-8-12-18(26)13-9-16)30(29-21)20-5-3-2-4-19(20)27/h2-14,31H,1H3,(H,28,32)/t14-/m1/s1. The van der Waals surface area contributed by atoms with Gasteiger partial charge in [-0.2, -0.15) is 5.10 Å². The molecule has 1 atom stereocenters. The SMILES string of the molecule is C[C@@H](NC(=O)c1nn(-c2ccccc2Cl)c(-c2ccc(Cl)cc2)c1O)c1ccc(Br)cc1. The highest BCUT2D eigenvalue weighted by atomic mass is 79.9. The molecule has 5 nitrogen and oxygen atoms in total. The van der Waals surface area contributed by atoms with Crippen LogP contribution in [-0.2, 0) is 0 Å². The van der Waals surface area contributed by atoms with E-state index in [1.165, 1.54) is 4.68 Å². The maximum atomic E-state index is 13.1. The number of aromatic hydroxyl groups is 1. The van der Waals surface area contributed by atoms with Gasteiger partial charge in [-0.05, 0) is 48.9 Å². The molecule has 0 saturated heterocycles. The topological polar surface area (TPSA) is 67.2 Å². The summed E-state index contributed by atoms with van der Waals surface area (Å²) >= 11 is 15.8. The number of carbonyl (C=O) groups is 1. The van der Waals surface area contributed by atoms with Crippen molar-refractivity contribution in [3.8, 4) is 22.7 Å². The van der Waals surface area contributed by atoms with E-state index in [0.717, 1.165) is 10.0 Å². The summed E-state index contributed by atoms with van der Waals surface area (Å²) in [6.45, 7) is 1.86. The first-order chi connectivity index (χ1) is 15.3. The number of nitrogens with one attached hydrogen (secondary N) is 1. The summed E-state index contributed by atoms with van der Waals surface area (Å²) in [6, 6.07) is 21.3. The quantitative estimate of drug-likeness (QED) is 0.298. The van der Waals surface area contributed by atoms with Gasteiger partial charge >= 0.3 is 0 Å². The number of nitrogens with zero attached hydrogens (tertiary/aromatic N) is 2. The van der Waals surface area contributed by atoms with Gasteiger partial charge in [0.1, 0.15) is 5.69 Å². The summed E-state index contributed by atoms with van der Waals surface area (Å²) in [5, 5.41) is 19.4. The normalized spacial score (nSPS) is 11.9. The highest BCUT2D eigenvalue weighted by Gasteiger charge is 2.26. The minimum Gasteiger partial charge on any atom is -0.504 e. The zero-order valence-electron chi connectivity index (χ0n) is 16.9. The lowest BCUT2D eigenvalue weighted by atomic mass is 10.1. The predicted molar refractivity (Wildman–Crippen MR) is 131 cm³/mol. The second kappa shape index (κ2) is 9.36. The third kappa shape index (κ3) is 4.53. The molecule has 1 aromatic heterocycles. The number of benzene rings is 3. The lowest BCUT2D eigenvalue weighted by Gasteiger charge is -2.13. The first kappa shape index (κ1) is 22.4. The van der Waals surface area contributed by atoms with E-state index in [2.05, 4.69) is 26.3 Å². The fourth-order valence-corrected chi connectivity index (χ4v) is 3.93. The van der Waals surface area contributed by atoms with Crippen LogP contribution in [0.25, 0.3) is 16.9 Å². The maximum absolute atomic E-state index is 13.1. The van der Waals surface area contributed by atoms with Crippen molar-refractivity contribution in [3.05, 3.63) is 98.6 Å². The van der Waals surface area contributed by atoms with Gasteiger partial charge in [0, 0.05) is 15.1 Å². The summed E-state index contributed by atoms with van der Waals surface area (Å²) in [4.78, 5) is 13.1. The molecule has 4 aromatic rings. The van der Waals surface area contributed by atoms with Gasteiger partial charge in [-0.15, -0.1) is 0 Å². The van der Waals surface area contributed by atoms with Crippen LogP contribution in [0.4, 0.5) is 0 Å². The Hall–Kier alpha value is -2.80. The van der Waals surface area contributed by atoms with Gasteiger partial charge in [-0.3, -0.25) is 4.79 Å². The fourth-order valence-electron chi connectivity index (χ4n) is 3.33. The molecule has 3 aromatic carbocycles. The zero-order valence-corrected chi connectivity index (χ0v) is 20.0. The summed E-state index contributed by atoms with van der Waals surface area (Å²) in [5.41, 5.74) is 2.34. The van der Waals surface area contributed by atoms with Crippen LogP contribution in [0.1, 0.15) is 29.0 Å². The summed E-state index contributed by atoms with van der Waals surface area (Å²) in [6.07, 6.45) is 0. The minimum atomic E-state index is -0.501. The number of rotatable bonds is 5. The Kier molecular flexibility index (Phi) is 6.55. The van der Waals surface area contributed by atoms with E-state index in [1.807, 2.05) is 31.2 Å². The number of hydrogen-bond acceptors (Lipinski definition) is 3. The van der Waals surface area contributed by atoms with Crippen LogP contribution >= 0.6 is 39.1 Å². The molecule has 32 heavy (non-hydrogen) atoms. The van der Waals surface area contributed by atoms with Gasteiger partial charge in [-0.25, -0.2) is 4.68 Å². The van der Waals surface area contributed by atoms with Crippen molar-refractivity contribution in [1.29, 1.82) is 0 Å². The number of aromatic nitrogens is 2. The first-order valence-corrected chi connectivity index (χ1v) is 11.3. The molecule has 0 unspecified atom stereocenters. The van der Waals surface area contributed by atoms with Crippen LogP contribution in [0.2, 0.25) is 10.0 Å². The van der Waals surface area contributed by atoms with Crippen molar-refractivity contribution < 1.29 is 9.90 Å². The Morgan fingerprint density at radius 2 is 1.69 bits per heavy atom. The van der Waals surface area contributed by atoms with Crippen LogP contribution in [0.5, 0.6) is 5.75 Å². The second-order valence-corrected chi connectivity index (χ2v) is 8.92. The summed E-state index contributed by atoms with van der Waals surface area (Å²) in [5.74, 6) is -0.744. The monoisotopic (exact) mass is 529 g/mol. The second-order valence-electron chi connectivity index (χ2n) is 7.16. The van der Waals surface area contributed by atoms with Gasteiger partial charge in [0.2, 0.25) is 0 Å². The van der Waals surface area contributed by atoms with Gasteiger partial charge < -0.3 is 10.4 Å². The van der Waals surface area contributed by atoms with Gasteiger partial charge in [0.05, 0.1) is 16.8 Å². The van der Waals surface area contributed by atoms with Crippen LogP contribution in [0.15, 0.2) is 77.3 Å². The number of para-hydroxylation sites is 1. The van der Waals surface area contributed by atoms with E-state index in [9.17, 15) is 9.90 Å². The molecule has 0 bridgehead atoms. The molecular formula is C24H18BrCl2N3O2. The molecule has 1 heterocycles. The smallest absolute Gasteiger partial charge is 0.276 e. The predicted octanol–water partition coefficient (Wildman–Crippen LogP) is 6.81. The van der Waals surface area contributed by atoms with Crippen molar-refractivity contribution in [2.75, 3.05) is 0 Å². The van der Waals surface area contributed by atoms with Gasteiger partial charge in [-0.1, -0.05) is 75.5 Å². The Morgan fingerprint density at radius 3 is 2.34 bits per heavy atom. The largest absolute Gasteiger partial charge is 0.504 e. The molecule has 2 N–H and O–H groups in total. The molecule has 0 aliphatic heterocycles. The molecule has 0 radical (unpaired) electrons. The highest BCUT2D eigenvalue weighted by Crippen LogP contribution is 2.36. The van der Waals surface area contributed by atoms with E-state index in [-0.39, 0.29) is 17.5 Å². The summed E-state index contributed by atoms with van der Waals surface area (Å²) in [7, 11) is 0. The lowest BCUT2D eigenvalue weighted by Crippen LogP contribution is -2.27. The molecule has 4 rings (SSSR count). The van der Waals surface area contributed by atoms with E-state index in [4.69, 9.17) is 23.2 Å². The molecule has 8 heteroatoms. The minimum absolute atomic E-state index is 0.0983. The molecule has 0 aliphatic carbocycles. The highest BCUT2D eigenvalue weighted by molar-refractivity contribution is 9.10. The number of amides is 1. The molecule has 1 amide bonds. The molecule has 0 saturated carbocycles. The van der Waals surface area contributed by atoms with Crippen molar-refractivity contribution >= 4 is 45.0 Å². The lowest BCUT2D eigenvalue weighted by molar-refractivity contribution is 0.0932. The summed E-state index contributed by atoms with van der Waals surface area (Å²) < 4.78 is 2.42. The zero-order chi connectivity index (χ0) is 22.8. The Bertz CT molecular complexity index is 1270. The molecule has 162 valence electrons. The average Bonchev–Trinajstić information content (AvgIpc) is 3.12. The van der Waals surface area contributed by atoms with Crippen LogP contribution in [0, 0.1) is 0 Å². The molecule has 0 spiro atoms. The van der Waals surface area contributed by atoms with E-state index in [1.54, 1.807) is 48.5 Å². The molecular weight excluding hydrogens is 513 g/mol. The van der Waals surface area contributed by atoms with E-state index in [0.29, 0.717) is 27.0 Å². The fraction of sp³-hybridized carbons (Fsp3) is 0.0833. The van der Waals surface area contributed by atoms with Crippen LogP contribution in [-0.4, -0.2) is 20.8 Å². The van der Waals surface area contributed by atoms with Gasteiger partial charge in [0.15, 0.2) is 11.4 Å².